The molecular formula is C19H21N3O5. The zero-order chi connectivity index (χ0) is 18.7. The van der Waals surface area contributed by atoms with Gasteiger partial charge in [-0.05, 0) is 24.3 Å². The molecule has 0 aromatic carbocycles. The van der Waals surface area contributed by atoms with E-state index in [9.17, 15) is 9.59 Å². The Morgan fingerprint density at radius 3 is 2.52 bits per heavy atom. The average molecular weight is 371 g/mol. The van der Waals surface area contributed by atoms with Crippen molar-refractivity contribution in [1.29, 1.82) is 0 Å². The van der Waals surface area contributed by atoms with Crippen LogP contribution in [0.25, 0.3) is 0 Å². The van der Waals surface area contributed by atoms with Crippen molar-refractivity contribution in [3.8, 4) is 0 Å². The van der Waals surface area contributed by atoms with Crippen LogP contribution in [-0.2, 0) is 16.0 Å². The predicted molar refractivity (Wildman–Crippen MR) is 93.9 cm³/mol. The molecule has 4 rings (SSSR count). The van der Waals surface area contributed by atoms with Crippen LogP contribution in [-0.4, -0.2) is 53.8 Å². The number of pyridine rings is 1. The van der Waals surface area contributed by atoms with Crippen LogP contribution in [0.4, 0.5) is 0 Å². The fourth-order valence-electron chi connectivity index (χ4n) is 3.35. The van der Waals surface area contributed by atoms with E-state index in [1.165, 1.54) is 0 Å². The molecule has 2 aliphatic heterocycles. The van der Waals surface area contributed by atoms with Crippen molar-refractivity contribution in [2.75, 3.05) is 26.3 Å². The van der Waals surface area contributed by atoms with Gasteiger partial charge in [-0.1, -0.05) is 6.07 Å². The van der Waals surface area contributed by atoms with Gasteiger partial charge in [0.05, 0.1) is 26.0 Å². The highest BCUT2D eigenvalue weighted by Crippen LogP contribution is 2.31. The van der Waals surface area contributed by atoms with Crippen molar-refractivity contribution in [1.82, 2.24) is 15.2 Å². The molecule has 2 aromatic rings. The lowest BCUT2D eigenvalue weighted by molar-refractivity contribution is -0.181. The number of nitrogens with zero attached hydrogens (tertiary/aromatic N) is 2. The number of rotatable bonds is 4. The third-order valence-corrected chi connectivity index (χ3v) is 4.83. The van der Waals surface area contributed by atoms with Gasteiger partial charge in [0, 0.05) is 25.9 Å². The van der Waals surface area contributed by atoms with E-state index in [4.69, 9.17) is 13.9 Å². The molecule has 2 saturated heterocycles. The SMILES string of the molecule is O=C(NCc1ccco1)c1cccc(C(=O)N2CCC3(CC2)OCCO3)n1. The monoisotopic (exact) mass is 371 g/mol. The molecular weight excluding hydrogens is 350 g/mol. The van der Waals surface area contributed by atoms with Crippen molar-refractivity contribution < 1.29 is 23.5 Å². The Bertz CT molecular complexity index is 805. The summed E-state index contributed by atoms with van der Waals surface area (Å²) in [6.45, 7) is 2.54. The number of amides is 2. The van der Waals surface area contributed by atoms with Gasteiger partial charge in [0.2, 0.25) is 0 Å². The van der Waals surface area contributed by atoms with Crippen molar-refractivity contribution in [3.05, 3.63) is 53.7 Å². The van der Waals surface area contributed by atoms with Gasteiger partial charge in [0.15, 0.2) is 5.79 Å². The van der Waals surface area contributed by atoms with Gasteiger partial charge < -0.3 is 24.1 Å². The predicted octanol–water partition coefficient (Wildman–Crippen LogP) is 1.58. The van der Waals surface area contributed by atoms with E-state index in [0.29, 0.717) is 44.9 Å². The quantitative estimate of drug-likeness (QED) is 0.877. The second-order valence-corrected chi connectivity index (χ2v) is 6.57. The van der Waals surface area contributed by atoms with Gasteiger partial charge in [-0.15, -0.1) is 0 Å². The number of hydrogen-bond donors (Lipinski definition) is 1. The number of piperidine rings is 1. The lowest BCUT2D eigenvalue weighted by Gasteiger charge is -2.37. The first-order valence-corrected chi connectivity index (χ1v) is 9.00. The average Bonchev–Trinajstić information content (AvgIpc) is 3.39. The Morgan fingerprint density at radius 1 is 1.07 bits per heavy atom. The summed E-state index contributed by atoms with van der Waals surface area (Å²) < 4.78 is 16.6. The number of hydrogen-bond acceptors (Lipinski definition) is 6. The highest BCUT2D eigenvalue weighted by atomic mass is 16.7. The maximum Gasteiger partial charge on any atom is 0.272 e. The van der Waals surface area contributed by atoms with E-state index in [-0.39, 0.29) is 29.7 Å². The molecule has 8 heteroatoms. The number of likely N-dealkylation sites (tertiary alicyclic amines) is 1. The van der Waals surface area contributed by atoms with Crippen molar-refractivity contribution in [3.63, 3.8) is 0 Å². The number of nitrogens with one attached hydrogen (secondary N) is 1. The molecule has 0 atom stereocenters. The van der Waals surface area contributed by atoms with Crippen LogP contribution in [0, 0.1) is 0 Å². The van der Waals surface area contributed by atoms with E-state index in [1.807, 2.05) is 0 Å². The largest absolute Gasteiger partial charge is 0.467 e. The fraction of sp³-hybridized carbons (Fsp3) is 0.421. The van der Waals surface area contributed by atoms with Gasteiger partial charge in [-0.25, -0.2) is 4.98 Å². The standard InChI is InChI=1S/C19H21N3O5/c23-17(20-13-14-3-2-10-25-14)15-4-1-5-16(21-15)18(24)22-8-6-19(7-9-22)26-11-12-27-19/h1-5,10H,6-9,11-13H2,(H,20,23). The van der Waals surface area contributed by atoms with Crippen LogP contribution < -0.4 is 5.32 Å². The molecule has 8 nitrogen and oxygen atoms in total. The maximum absolute atomic E-state index is 12.8. The molecule has 0 radical (unpaired) electrons. The first-order chi connectivity index (χ1) is 13.2. The summed E-state index contributed by atoms with van der Waals surface area (Å²) in [5, 5.41) is 2.73. The Morgan fingerprint density at radius 2 is 1.81 bits per heavy atom. The van der Waals surface area contributed by atoms with Crippen LogP contribution in [0.3, 0.4) is 0 Å². The molecule has 142 valence electrons. The van der Waals surface area contributed by atoms with Crippen molar-refractivity contribution in [2.45, 2.75) is 25.2 Å². The minimum absolute atomic E-state index is 0.191. The van der Waals surface area contributed by atoms with Gasteiger partial charge in [0.25, 0.3) is 11.8 Å². The Kier molecular flexibility index (Phi) is 4.91. The molecule has 0 unspecified atom stereocenters. The lowest BCUT2D eigenvalue weighted by Crippen LogP contribution is -2.47. The van der Waals surface area contributed by atoms with E-state index >= 15 is 0 Å². The summed E-state index contributed by atoms with van der Waals surface area (Å²) in [7, 11) is 0. The molecule has 1 N–H and O–H groups in total. The molecule has 2 aliphatic rings. The summed E-state index contributed by atoms with van der Waals surface area (Å²) in [5.74, 6) is -0.429. The lowest BCUT2D eigenvalue weighted by atomic mass is 10.0. The number of furan rings is 1. The highest BCUT2D eigenvalue weighted by Gasteiger charge is 2.41. The van der Waals surface area contributed by atoms with Crippen LogP contribution in [0.15, 0.2) is 41.0 Å². The summed E-state index contributed by atoms with van der Waals surface area (Å²) in [4.78, 5) is 31.0. The fourth-order valence-corrected chi connectivity index (χ4v) is 3.35. The van der Waals surface area contributed by atoms with Crippen LogP contribution in [0.2, 0.25) is 0 Å². The molecule has 0 saturated carbocycles. The van der Waals surface area contributed by atoms with E-state index in [2.05, 4.69) is 10.3 Å². The summed E-state index contributed by atoms with van der Waals surface area (Å²) in [6.07, 6.45) is 2.83. The summed E-state index contributed by atoms with van der Waals surface area (Å²) in [6, 6.07) is 8.40. The number of aromatic nitrogens is 1. The van der Waals surface area contributed by atoms with E-state index in [1.54, 1.807) is 41.5 Å². The highest BCUT2D eigenvalue weighted by molar-refractivity contribution is 5.96. The molecule has 0 aliphatic carbocycles. The maximum atomic E-state index is 12.8. The Hall–Kier alpha value is -2.71. The Labute approximate surface area is 156 Å². The number of ether oxygens (including phenoxy) is 2. The van der Waals surface area contributed by atoms with E-state index in [0.717, 1.165) is 0 Å². The minimum Gasteiger partial charge on any atom is -0.467 e. The molecule has 1 spiro atoms. The van der Waals surface area contributed by atoms with Crippen LogP contribution in [0.5, 0.6) is 0 Å². The second-order valence-electron chi connectivity index (χ2n) is 6.57. The smallest absolute Gasteiger partial charge is 0.272 e. The molecule has 2 fully saturated rings. The first kappa shape index (κ1) is 17.7. The number of carbonyl (C=O) groups is 2. The summed E-state index contributed by atoms with van der Waals surface area (Å²) >= 11 is 0. The van der Waals surface area contributed by atoms with E-state index < -0.39 is 5.79 Å². The molecule has 4 heterocycles. The third-order valence-electron chi connectivity index (χ3n) is 4.83. The van der Waals surface area contributed by atoms with Crippen molar-refractivity contribution in [2.24, 2.45) is 0 Å². The molecule has 0 bridgehead atoms. The molecule has 2 amide bonds. The second kappa shape index (κ2) is 7.50. The molecule has 27 heavy (non-hydrogen) atoms. The zero-order valence-corrected chi connectivity index (χ0v) is 14.8. The van der Waals surface area contributed by atoms with Crippen LogP contribution in [0.1, 0.15) is 39.6 Å². The van der Waals surface area contributed by atoms with Gasteiger partial charge in [-0.3, -0.25) is 9.59 Å². The van der Waals surface area contributed by atoms with Gasteiger partial charge in [0.1, 0.15) is 17.1 Å². The Balaban J connectivity index is 1.38. The third kappa shape index (κ3) is 3.86. The topological polar surface area (TPSA) is 93.9 Å². The first-order valence-electron chi connectivity index (χ1n) is 9.00. The van der Waals surface area contributed by atoms with Crippen LogP contribution >= 0.6 is 0 Å². The summed E-state index contributed by atoms with van der Waals surface area (Å²) in [5.41, 5.74) is 0.452. The van der Waals surface area contributed by atoms with Gasteiger partial charge >= 0.3 is 0 Å². The van der Waals surface area contributed by atoms with Gasteiger partial charge in [-0.2, -0.15) is 0 Å². The molecule has 2 aromatic heterocycles. The zero-order valence-electron chi connectivity index (χ0n) is 14.8. The number of carbonyl (C=O) groups excluding carboxylic acids is 2. The minimum atomic E-state index is -0.530. The van der Waals surface area contributed by atoms with Crippen molar-refractivity contribution >= 4 is 11.8 Å². The normalized spacial score (nSPS) is 18.6.